The third kappa shape index (κ3) is 3.85. The van der Waals surface area contributed by atoms with Crippen molar-refractivity contribution in [2.24, 2.45) is 24.8 Å². The number of hydrogen-bond donors (Lipinski definition) is 1. The molecule has 6 nitrogen and oxygen atoms in total. The van der Waals surface area contributed by atoms with Gasteiger partial charge in [-0.05, 0) is 49.9 Å². The first-order chi connectivity index (χ1) is 11.2. The van der Waals surface area contributed by atoms with Crippen LogP contribution in [0.2, 0.25) is 0 Å². The monoisotopic (exact) mass is 320 g/mol. The van der Waals surface area contributed by atoms with E-state index in [0.717, 1.165) is 57.2 Å². The number of alkyl carbamates (subject to hydrolysis) is 1. The van der Waals surface area contributed by atoms with Crippen LogP contribution in [0, 0.1) is 17.8 Å². The van der Waals surface area contributed by atoms with Crippen LogP contribution in [-0.4, -0.2) is 34.2 Å². The van der Waals surface area contributed by atoms with Gasteiger partial charge in [0.05, 0.1) is 18.0 Å². The number of carbonyl (C=O) groups is 1. The van der Waals surface area contributed by atoms with E-state index < -0.39 is 0 Å². The molecular weight excluding hydrogens is 292 g/mol. The maximum absolute atomic E-state index is 11.7. The zero-order valence-electron chi connectivity index (χ0n) is 14.3. The van der Waals surface area contributed by atoms with Gasteiger partial charge >= 0.3 is 6.09 Å². The van der Waals surface area contributed by atoms with Crippen LogP contribution >= 0.6 is 0 Å². The number of amides is 1. The first kappa shape index (κ1) is 16.3. The second-order valence-electron chi connectivity index (χ2n) is 6.91. The lowest BCUT2D eigenvalue weighted by Gasteiger charge is -2.07. The molecule has 1 heterocycles. The van der Waals surface area contributed by atoms with Crippen molar-refractivity contribution in [3.05, 3.63) is 11.4 Å². The minimum atomic E-state index is -0.255. The molecule has 2 aliphatic carbocycles. The van der Waals surface area contributed by atoms with Crippen LogP contribution < -0.4 is 5.32 Å². The van der Waals surface area contributed by atoms with Crippen molar-refractivity contribution in [1.82, 2.24) is 20.3 Å². The lowest BCUT2D eigenvalue weighted by Crippen LogP contribution is -2.26. The molecule has 1 N–H and O–H groups in total. The van der Waals surface area contributed by atoms with Crippen LogP contribution in [-0.2, 0) is 24.6 Å². The number of nitrogens with one attached hydrogen (secondary N) is 1. The Labute approximate surface area is 138 Å². The third-order valence-corrected chi connectivity index (χ3v) is 5.42. The molecule has 0 aliphatic heterocycles. The molecule has 1 fully saturated rings. The van der Waals surface area contributed by atoms with Crippen LogP contribution in [0.1, 0.15) is 50.4 Å². The van der Waals surface area contributed by atoms with Crippen LogP contribution in [0.3, 0.4) is 0 Å². The Balaban J connectivity index is 1.40. The molecule has 23 heavy (non-hydrogen) atoms. The van der Waals surface area contributed by atoms with Crippen LogP contribution in [0.25, 0.3) is 0 Å². The van der Waals surface area contributed by atoms with E-state index in [9.17, 15) is 4.79 Å². The van der Waals surface area contributed by atoms with Gasteiger partial charge in [0, 0.05) is 13.6 Å². The fourth-order valence-corrected chi connectivity index (χ4v) is 3.94. The summed E-state index contributed by atoms with van der Waals surface area (Å²) in [4.78, 5) is 11.7. The molecule has 3 unspecified atom stereocenters. The molecule has 1 amide bonds. The number of nitrogens with zero attached hydrogens (tertiary/aromatic N) is 3. The predicted octanol–water partition coefficient (Wildman–Crippen LogP) is 2.47. The molecule has 0 spiro atoms. The van der Waals surface area contributed by atoms with E-state index in [2.05, 4.69) is 22.6 Å². The van der Waals surface area contributed by atoms with Crippen LogP contribution in [0.4, 0.5) is 4.79 Å². The van der Waals surface area contributed by atoms with Gasteiger partial charge in [0.1, 0.15) is 0 Å². The average Bonchev–Trinajstić information content (AvgIpc) is 3.06. The van der Waals surface area contributed by atoms with E-state index in [4.69, 9.17) is 4.74 Å². The van der Waals surface area contributed by atoms with E-state index in [1.807, 2.05) is 11.7 Å². The number of unbranched alkanes of at least 4 members (excludes halogenated alkanes) is 2. The largest absolute Gasteiger partial charge is 0.449 e. The molecule has 0 saturated heterocycles. The SMILES string of the molecule is CCCCCNC(=O)OCC1C2CCc3nnn(C)c3CCC21. The van der Waals surface area contributed by atoms with E-state index in [0.29, 0.717) is 24.4 Å². The number of carbonyl (C=O) groups excluding carboxylic acids is 1. The lowest BCUT2D eigenvalue weighted by molar-refractivity contribution is 0.137. The summed E-state index contributed by atoms with van der Waals surface area (Å²) in [6.45, 7) is 3.44. The first-order valence-electron chi connectivity index (χ1n) is 8.98. The number of aromatic nitrogens is 3. The Morgan fingerprint density at radius 2 is 2.09 bits per heavy atom. The van der Waals surface area contributed by atoms with Gasteiger partial charge in [-0.15, -0.1) is 5.10 Å². The quantitative estimate of drug-likeness (QED) is 0.818. The topological polar surface area (TPSA) is 69.0 Å². The number of hydrogen-bond acceptors (Lipinski definition) is 4. The molecule has 0 radical (unpaired) electrons. The van der Waals surface area contributed by atoms with Gasteiger partial charge in [-0.2, -0.15) is 0 Å². The lowest BCUT2D eigenvalue weighted by atomic mass is 10.0. The molecule has 0 bridgehead atoms. The summed E-state index contributed by atoms with van der Waals surface area (Å²) >= 11 is 0. The molecule has 3 atom stereocenters. The Kier molecular flexibility index (Phi) is 5.18. The number of aryl methyl sites for hydroxylation is 2. The molecule has 3 rings (SSSR count). The van der Waals surface area contributed by atoms with Gasteiger partial charge in [0.2, 0.25) is 0 Å². The molecule has 1 saturated carbocycles. The van der Waals surface area contributed by atoms with Crippen molar-refractivity contribution < 1.29 is 9.53 Å². The van der Waals surface area contributed by atoms with Crippen LogP contribution in [0.15, 0.2) is 0 Å². The predicted molar refractivity (Wildman–Crippen MR) is 87.0 cm³/mol. The fraction of sp³-hybridized carbons (Fsp3) is 0.824. The van der Waals surface area contributed by atoms with Crippen molar-refractivity contribution in [3.8, 4) is 0 Å². The standard InChI is InChI=1S/C17H28N4O2/c1-3-4-5-10-18-17(22)23-11-14-12-6-8-15-16(9-7-13(12)14)21(2)20-19-15/h12-14H,3-11H2,1-2H3,(H,18,22). The fourth-order valence-electron chi connectivity index (χ4n) is 3.94. The summed E-state index contributed by atoms with van der Waals surface area (Å²) in [7, 11) is 1.97. The Morgan fingerprint density at radius 1 is 1.30 bits per heavy atom. The number of ether oxygens (including phenoxy) is 1. The summed E-state index contributed by atoms with van der Waals surface area (Å²) in [5.41, 5.74) is 2.44. The van der Waals surface area contributed by atoms with E-state index in [1.54, 1.807) is 0 Å². The highest BCUT2D eigenvalue weighted by Gasteiger charge is 2.50. The van der Waals surface area contributed by atoms with Gasteiger partial charge in [0.25, 0.3) is 0 Å². The van der Waals surface area contributed by atoms with Crippen molar-refractivity contribution in [1.29, 1.82) is 0 Å². The van der Waals surface area contributed by atoms with Crippen molar-refractivity contribution in [3.63, 3.8) is 0 Å². The zero-order chi connectivity index (χ0) is 16.2. The van der Waals surface area contributed by atoms with Gasteiger partial charge in [0.15, 0.2) is 0 Å². The summed E-state index contributed by atoms with van der Waals surface area (Å²) < 4.78 is 7.33. The number of fused-ring (bicyclic) bond motifs is 2. The van der Waals surface area contributed by atoms with Gasteiger partial charge in [-0.25, -0.2) is 4.79 Å². The van der Waals surface area contributed by atoms with E-state index in [1.165, 1.54) is 5.69 Å². The highest BCUT2D eigenvalue weighted by atomic mass is 16.5. The van der Waals surface area contributed by atoms with Crippen LogP contribution in [0.5, 0.6) is 0 Å². The summed E-state index contributed by atoms with van der Waals surface area (Å²) in [6.07, 6.45) is 7.43. The highest BCUT2D eigenvalue weighted by molar-refractivity contribution is 5.67. The zero-order valence-corrected chi connectivity index (χ0v) is 14.3. The Bertz CT molecular complexity index is 543. The third-order valence-electron chi connectivity index (χ3n) is 5.42. The summed E-state index contributed by atoms with van der Waals surface area (Å²) in [5.74, 6) is 1.93. The van der Waals surface area contributed by atoms with Gasteiger partial charge in [-0.1, -0.05) is 25.0 Å². The van der Waals surface area contributed by atoms with Gasteiger partial charge < -0.3 is 10.1 Å². The maximum Gasteiger partial charge on any atom is 0.407 e. The van der Waals surface area contributed by atoms with E-state index >= 15 is 0 Å². The second-order valence-corrected chi connectivity index (χ2v) is 6.91. The minimum Gasteiger partial charge on any atom is -0.449 e. The highest BCUT2D eigenvalue weighted by Crippen LogP contribution is 2.52. The average molecular weight is 320 g/mol. The molecule has 0 aromatic carbocycles. The van der Waals surface area contributed by atoms with Crippen molar-refractivity contribution >= 4 is 6.09 Å². The molecule has 1 aromatic rings. The summed E-state index contributed by atoms with van der Waals surface area (Å²) in [5, 5.41) is 11.2. The molecule has 1 aromatic heterocycles. The molecule has 6 heteroatoms. The first-order valence-corrected chi connectivity index (χ1v) is 8.98. The minimum absolute atomic E-state index is 0.255. The normalized spacial score (nSPS) is 25.7. The second kappa shape index (κ2) is 7.32. The Hall–Kier alpha value is -1.59. The van der Waals surface area contributed by atoms with Crippen molar-refractivity contribution in [2.75, 3.05) is 13.2 Å². The van der Waals surface area contributed by atoms with Gasteiger partial charge in [-0.3, -0.25) is 4.68 Å². The molecular formula is C17H28N4O2. The smallest absolute Gasteiger partial charge is 0.407 e. The number of rotatable bonds is 6. The van der Waals surface area contributed by atoms with Crippen molar-refractivity contribution in [2.45, 2.75) is 51.9 Å². The Morgan fingerprint density at radius 3 is 2.87 bits per heavy atom. The molecule has 128 valence electrons. The maximum atomic E-state index is 11.7. The molecule has 2 aliphatic rings. The van der Waals surface area contributed by atoms with E-state index in [-0.39, 0.29) is 6.09 Å². The summed E-state index contributed by atoms with van der Waals surface area (Å²) in [6, 6.07) is 0.